The molecule has 0 N–H and O–H groups in total. The summed E-state index contributed by atoms with van der Waals surface area (Å²) in [6.07, 6.45) is 6.36. The molecule has 2 aromatic carbocycles. The molecule has 0 aromatic heterocycles. The van der Waals surface area contributed by atoms with E-state index >= 15 is 0 Å². The molecular formula is C16H11N3. The van der Waals surface area contributed by atoms with Crippen molar-refractivity contribution in [3.05, 3.63) is 81.7 Å². The van der Waals surface area contributed by atoms with Gasteiger partial charge >= 0.3 is 0 Å². The number of nitrogens with zero attached hydrogens (tertiary/aromatic N) is 3. The van der Waals surface area contributed by atoms with Crippen molar-refractivity contribution in [2.75, 3.05) is 0 Å². The molecule has 1 aliphatic carbocycles. The topological polar surface area (TPSA) is 48.8 Å². The molecule has 0 spiro atoms. The minimum Gasteiger partial charge on any atom is -0.0616 e. The van der Waals surface area contributed by atoms with E-state index in [1.54, 1.807) is 0 Å². The lowest BCUT2D eigenvalue weighted by atomic mass is 10.0. The first-order valence-electron chi connectivity index (χ1n) is 6.01. The lowest BCUT2D eigenvalue weighted by Crippen LogP contribution is -1.80. The first-order valence-corrected chi connectivity index (χ1v) is 6.01. The minimum absolute atomic E-state index is 0.631. The lowest BCUT2D eigenvalue weighted by molar-refractivity contribution is 1.47. The molecule has 0 radical (unpaired) electrons. The van der Waals surface area contributed by atoms with Gasteiger partial charge in [-0.2, -0.15) is 0 Å². The molecule has 90 valence electrons. The predicted octanol–water partition coefficient (Wildman–Crippen LogP) is 5.20. The summed E-state index contributed by atoms with van der Waals surface area (Å²) in [7, 11) is 0. The molecule has 3 nitrogen and oxygen atoms in total. The Hall–Kier alpha value is -2.77. The number of rotatable bonds is 2. The van der Waals surface area contributed by atoms with Gasteiger partial charge in [-0.1, -0.05) is 65.8 Å². The lowest BCUT2D eigenvalue weighted by Gasteiger charge is -2.01. The van der Waals surface area contributed by atoms with Crippen molar-refractivity contribution >= 4 is 23.4 Å². The summed E-state index contributed by atoms with van der Waals surface area (Å²) < 4.78 is 0. The fraction of sp³-hybridized carbons (Fsp3) is 0. The van der Waals surface area contributed by atoms with Crippen LogP contribution in [0.3, 0.4) is 0 Å². The van der Waals surface area contributed by atoms with Gasteiger partial charge in [-0.05, 0) is 33.9 Å². The van der Waals surface area contributed by atoms with E-state index in [-0.39, 0.29) is 0 Å². The maximum Gasteiger partial charge on any atom is 0.0375 e. The van der Waals surface area contributed by atoms with Gasteiger partial charge < -0.3 is 0 Å². The Morgan fingerprint density at radius 1 is 0.947 bits per heavy atom. The van der Waals surface area contributed by atoms with Gasteiger partial charge in [0.15, 0.2) is 0 Å². The predicted molar refractivity (Wildman–Crippen MR) is 78.6 cm³/mol. The zero-order valence-electron chi connectivity index (χ0n) is 10.2. The third-order valence-electron chi connectivity index (χ3n) is 3.09. The largest absolute Gasteiger partial charge is 0.0616 e. The molecule has 0 saturated carbocycles. The Bertz CT molecular complexity index is 718. The Labute approximate surface area is 111 Å². The van der Waals surface area contributed by atoms with Crippen molar-refractivity contribution < 1.29 is 0 Å². The average molecular weight is 245 g/mol. The van der Waals surface area contributed by atoms with Crippen LogP contribution < -0.4 is 0 Å². The molecule has 0 atom stereocenters. The molecule has 0 heterocycles. The van der Waals surface area contributed by atoms with E-state index in [0.717, 1.165) is 5.56 Å². The highest BCUT2D eigenvalue weighted by Crippen LogP contribution is 2.30. The SMILES string of the molecule is [N-]=[N+]=Nc1ccc(C=C2C=Cc3ccccc32)cc1. The number of hydrogen-bond acceptors (Lipinski definition) is 1. The van der Waals surface area contributed by atoms with E-state index in [1.807, 2.05) is 36.4 Å². The molecule has 0 bridgehead atoms. The van der Waals surface area contributed by atoms with E-state index in [0.29, 0.717) is 5.69 Å². The molecule has 1 aliphatic rings. The maximum atomic E-state index is 8.37. The van der Waals surface area contributed by atoms with Crippen LogP contribution in [0.2, 0.25) is 0 Å². The Morgan fingerprint density at radius 2 is 1.74 bits per heavy atom. The monoisotopic (exact) mass is 245 g/mol. The van der Waals surface area contributed by atoms with E-state index in [1.165, 1.54) is 16.7 Å². The van der Waals surface area contributed by atoms with Gasteiger partial charge in [0, 0.05) is 10.6 Å². The summed E-state index contributed by atoms with van der Waals surface area (Å²) in [5, 5.41) is 3.56. The van der Waals surface area contributed by atoms with Crippen molar-refractivity contribution in [1.29, 1.82) is 0 Å². The highest BCUT2D eigenvalue weighted by molar-refractivity contribution is 5.97. The van der Waals surface area contributed by atoms with E-state index in [4.69, 9.17) is 5.53 Å². The molecular weight excluding hydrogens is 234 g/mol. The quantitative estimate of drug-likeness (QED) is 0.397. The average Bonchev–Trinajstić information content (AvgIpc) is 2.85. The summed E-state index contributed by atoms with van der Waals surface area (Å²) >= 11 is 0. The molecule has 2 aromatic rings. The van der Waals surface area contributed by atoms with Crippen molar-refractivity contribution in [1.82, 2.24) is 0 Å². The second kappa shape index (κ2) is 4.84. The highest BCUT2D eigenvalue weighted by atomic mass is 15.1. The second-order valence-electron chi connectivity index (χ2n) is 4.30. The van der Waals surface area contributed by atoms with Gasteiger partial charge in [-0.3, -0.25) is 0 Å². The first kappa shape index (κ1) is 11.3. The van der Waals surface area contributed by atoms with Crippen LogP contribution in [0.4, 0.5) is 5.69 Å². The van der Waals surface area contributed by atoms with Crippen molar-refractivity contribution in [3.8, 4) is 0 Å². The van der Waals surface area contributed by atoms with Crippen LogP contribution >= 0.6 is 0 Å². The number of hydrogen-bond donors (Lipinski definition) is 0. The van der Waals surface area contributed by atoms with Crippen LogP contribution in [0.1, 0.15) is 16.7 Å². The van der Waals surface area contributed by atoms with Crippen LogP contribution in [-0.4, -0.2) is 0 Å². The standard InChI is InChI=1S/C16H11N3/c17-19-18-15-9-5-12(6-10-15)11-14-8-7-13-3-1-2-4-16(13)14/h1-11H. The number of azide groups is 1. The molecule has 0 saturated heterocycles. The van der Waals surface area contributed by atoms with E-state index < -0.39 is 0 Å². The highest BCUT2D eigenvalue weighted by Gasteiger charge is 2.08. The Balaban J connectivity index is 1.95. The summed E-state index contributed by atoms with van der Waals surface area (Å²) in [5.74, 6) is 0. The van der Waals surface area contributed by atoms with Crippen LogP contribution in [0.15, 0.2) is 59.7 Å². The zero-order chi connectivity index (χ0) is 13.1. The smallest absolute Gasteiger partial charge is 0.0375 e. The third kappa shape index (κ3) is 2.28. The Kier molecular flexibility index (Phi) is 2.89. The first-order chi connectivity index (χ1) is 9.36. The van der Waals surface area contributed by atoms with Gasteiger partial charge in [0.2, 0.25) is 0 Å². The zero-order valence-corrected chi connectivity index (χ0v) is 10.2. The molecule has 19 heavy (non-hydrogen) atoms. The van der Waals surface area contributed by atoms with Crippen molar-refractivity contribution in [2.45, 2.75) is 0 Å². The van der Waals surface area contributed by atoms with Crippen LogP contribution in [-0.2, 0) is 0 Å². The summed E-state index contributed by atoms with van der Waals surface area (Å²) in [6, 6.07) is 15.9. The van der Waals surface area contributed by atoms with Crippen LogP contribution in [0.25, 0.3) is 28.2 Å². The maximum absolute atomic E-state index is 8.37. The molecule has 0 amide bonds. The second-order valence-corrected chi connectivity index (χ2v) is 4.30. The molecule has 0 aliphatic heterocycles. The molecule has 0 unspecified atom stereocenters. The normalized spacial score (nSPS) is 14.2. The van der Waals surface area contributed by atoms with Gasteiger partial charge in [-0.15, -0.1) is 0 Å². The number of allylic oxidation sites excluding steroid dienone is 2. The van der Waals surface area contributed by atoms with Gasteiger partial charge in [0.1, 0.15) is 0 Å². The van der Waals surface area contributed by atoms with Gasteiger partial charge in [-0.25, -0.2) is 0 Å². The summed E-state index contributed by atoms with van der Waals surface area (Å²) in [6.45, 7) is 0. The van der Waals surface area contributed by atoms with Crippen molar-refractivity contribution in [2.24, 2.45) is 5.11 Å². The van der Waals surface area contributed by atoms with Crippen LogP contribution in [0, 0.1) is 0 Å². The number of fused-ring (bicyclic) bond motifs is 1. The number of benzene rings is 2. The van der Waals surface area contributed by atoms with E-state index in [9.17, 15) is 0 Å². The van der Waals surface area contributed by atoms with E-state index in [2.05, 4.69) is 40.4 Å². The summed E-state index contributed by atoms with van der Waals surface area (Å²) in [5.41, 5.74) is 13.8. The van der Waals surface area contributed by atoms with Gasteiger partial charge in [0.25, 0.3) is 0 Å². The van der Waals surface area contributed by atoms with Crippen molar-refractivity contribution in [3.63, 3.8) is 0 Å². The summed E-state index contributed by atoms with van der Waals surface area (Å²) in [4.78, 5) is 2.77. The fourth-order valence-electron chi connectivity index (χ4n) is 2.17. The van der Waals surface area contributed by atoms with Crippen LogP contribution in [0.5, 0.6) is 0 Å². The minimum atomic E-state index is 0.631. The molecule has 3 rings (SSSR count). The molecule has 3 heteroatoms. The molecule has 0 fully saturated rings. The fourth-order valence-corrected chi connectivity index (χ4v) is 2.17. The third-order valence-corrected chi connectivity index (χ3v) is 3.09. The van der Waals surface area contributed by atoms with Gasteiger partial charge in [0.05, 0.1) is 0 Å². The Morgan fingerprint density at radius 3 is 2.53 bits per heavy atom.